The molecule has 0 atom stereocenters. The van der Waals surface area contributed by atoms with E-state index >= 15 is 0 Å². The summed E-state index contributed by atoms with van der Waals surface area (Å²) in [4.78, 5) is 0. The van der Waals surface area contributed by atoms with Gasteiger partial charge in [0.25, 0.3) is 0 Å². The van der Waals surface area contributed by atoms with Crippen LogP contribution in [0.1, 0.15) is 34.9 Å². The van der Waals surface area contributed by atoms with Gasteiger partial charge in [0.1, 0.15) is 5.15 Å². The second-order valence-electron chi connectivity index (χ2n) is 4.86. The van der Waals surface area contributed by atoms with E-state index in [9.17, 15) is 0 Å². The van der Waals surface area contributed by atoms with Crippen LogP contribution in [0.2, 0.25) is 5.15 Å². The van der Waals surface area contributed by atoms with E-state index < -0.39 is 0 Å². The van der Waals surface area contributed by atoms with Crippen molar-refractivity contribution in [1.29, 1.82) is 0 Å². The zero-order valence-corrected chi connectivity index (χ0v) is 13.2. The molecule has 0 N–H and O–H groups in total. The molecule has 0 saturated carbocycles. The summed E-state index contributed by atoms with van der Waals surface area (Å²) in [5.41, 5.74) is 6.55. The van der Waals surface area contributed by atoms with Gasteiger partial charge in [-0.25, -0.2) is 4.68 Å². The maximum Gasteiger partial charge on any atom is 0.137 e. The number of rotatable bonds is 3. The van der Waals surface area contributed by atoms with Gasteiger partial charge in [0.05, 0.1) is 17.3 Å². The van der Waals surface area contributed by atoms with Gasteiger partial charge in [-0.1, -0.05) is 36.2 Å². The number of benzene rings is 1. The molecule has 1 aromatic heterocycles. The zero-order chi connectivity index (χ0) is 14.2. The molecule has 0 radical (unpaired) electrons. The summed E-state index contributed by atoms with van der Waals surface area (Å²) >= 11 is 12.4. The SMILES string of the molecule is CCc1nn(-c2c(C)cc(C)cc2C)c(Cl)c1CCl. The minimum atomic E-state index is 0.395. The highest BCUT2D eigenvalue weighted by atomic mass is 35.5. The molecule has 0 unspecified atom stereocenters. The Balaban J connectivity index is 2.69. The molecule has 0 spiro atoms. The number of aryl methyl sites for hydroxylation is 4. The van der Waals surface area contributed by atoms with Crippen LogP contribution < -0.4 is 0 Å². The molecule has 0 bridgehead atoms. The molecule has 19 heavy (non-hydrogen) atoms. The molecule has 4 heteroatoms. The number of nitrogens with zero attached hydrogens (tertiary/aromatic N) is 2. The Bertz CT molecular complexity index is 592. The van der Waals surface area contributed by atoms with Crippen molar-refractivity contribution < 1.29 is 0 Å². The minimum Gasteiger partial charge on any atom is -0.221 e. The van der Waals surface area contributed by atoms with Gasteiger partial charge in [-0.3, -0.25) is 0 Å². The zero-order valence-electron chi connectivity index (χ0n) is 11.7. The number of hydrogen-bond donors (Lipinski definition) is 0. The topological polar surface area (TPSA) is 17.8 Å². The Kier molecular flexibility index (Phi) is 4.22. The van der Waals surface area contributed by atoms with E-state index in [1.54, 1.807) is 0 Å². The fraction of sp³-hybridized carbons (Fsp3) is 0.400. The largest absolute Gasteiger partial charge is 0.221 e. The number of aromatic nitrogens is 2. The molecule has 0 saturated heterocycles. The fourth-order valence-corrected chi connectivity index (χ4v) is 3.19. The van der Waals surface area contributed by atoms with Crippen LogP contribution in [-0.2, 0) is 12.3 Å². The van der Waals surface area contributed by atoms with Crippen LogP contribution in [0.15, 0.2) is 12.1 Å². The van der Waals surface area contributed by atoms with Crippen molar-refractivity contribution in [3.63, 3.8) is 0 Å². The predicted molar refractivity (Wildman–Crippen MR) is 81.7 cm³/mol. The molecule has 1 heterocycles. The van der Waals surface area contributed by atoms with E-state index in [2.05, 4.69) is 44.9 Å². The third-order valence-corrected chi connectivity index (χ3v) is 3.98. The molecule has 0 fully saturated rings. The Morgan fingerprint density at radius 2 is 1.74 bits per heavy atom. The van der Waals surface area contributed by atoms with E-state index in [1.807, 2.05) is 4.68 Å². The molecular formula is C15H18Cl2N2. The van der Waals surface area contributed by atoms with Crippen LogP contribution >= 0.6 is 23.2 Å². The average molecular weight is 297 g/mol. The minimum absolute atomic E-state index is 0.395. The highest BCUT2D eigenvalue weighted by molar-refractivity contribution is 6.31. The van der Waals surface area contributed by atoms with Crippen molar-refractivity contribution in [1.82, 2.24) is 9.78 Å². The third-order valence-electron chi connectivity index (χ3n) is 3.32. The van der Waals surface area contributed by atoms with Crippen LogP contribution in [0.5, 0.6) is 0 Å². The monoisotopic (exact) mass is 296 g/mol. The molecule has 1 aromatic carbocycles. The number of alkyl halides is 1. The normalized spacial score (nSPS) is 11.1. The number of halogens is 2. The fourth-order valence-electron chi connectivity index (χ4n) is 2.54. The Morgan fingerprint density at radius 1 is 1.16 bits per heavy atom. The summed E-state index contributed by atoms with van der Waals surface area (Å²) < 4.78 is 1.82. The van der Waals surface area contributed by atoms with Gasteiger partial charge in [0.15, 0.2) is 0 Å². The summed E-state index contributed by atoms with van der Waals surface area (Å²) in [5.74, 6) is 0.395. The van der Waals surface area contributed by atoms with Crippen LogP contribution in [0.25, 0.3) is 5.69 Å². The Labute approximate surface area is 124 Å². The van der Waals surface area contributed by atoms with Gasteiger partial charge in [-0.15, -0.1) is 11.6 Å². The van der Waals surface area contributed by atoms with Crippen LogP contribution in [0.4, 0.5) is 0 Å². The Hall–Kier alpha value is -0.990. The average Bonchev–Trinajstić information content (AvgIpc) is 2.65. The smallest absolute Gasteiger partial charge is 0.137 e. The summed E-state index contributed by atoms with van der Waals surface area (Å²) in [5, 5.41) is 5.25. The van der Waals surface area contributed by atoms with Gasteiger partial charge < -0.3 is 0 Å². The van der Waals surface area contributed by atoms with Crippen LogP contribution in [0.3, 0.4) is 0 Å². The van der Waals surface area contributed by atoms with Crippen molar-refractivity contribution in [3.05, 3.63) is 45.2 Å². The molecular weight excluding hydrogens is 279 g/mol. The number of hydrogen-bond acceptors (Lipinski definition) is 1. The highest BCUT2D eigenvalue weighted by Gasteiger charge is 2.17. The lowest BCUT2D eigenvalue weighted by Gasteiger charge is -2.12. The second-order valence-corrected chi connectivity index (χ2v) is 5.49. The lowest BCUT2D eigenvalue weighted by atomic mass is 10.1. The summed E-state index contributed by atoms with van der Waals surface area (Å²) in [7, 11) is 0. The standard InChI is InChI=1S/C15H18Cl2N2/c1-5-13-12(8-16)15(17)19(18-13)14-10(3)6-9(2)7-11(14)4/h6-7H,5,8H2,1-4H3. The van der Waals surface area contributed by atoms with E-state index in [0.717, 1.165) is 23.4 Å². The maximum absolute atomic E-state index is 6.44. The van der Waals surface area contributed by atoms with Crippen molar-refractivity contribution >= 4 is 23.2 Å². The van der Waals surface area contributed by atoms with Crippen molar-refractivity contribution in [2.75, 3.05) is 0 Å². The van der Waals surface area contributed by atoms with Crippen LogP contribution in [-0.4, -0.2) is 9.78 Å². The maximum atomic E-state index is 6.44. The second kappa shape index (κ2) is 5.56. The van der Waals surface area contributed by atoms with Gasteiger partial charge >= 0.3 is 0 Å². The van der Waals surface area contributed by atoms with Gasteiger partial charge in [-0.2, -0.15) is 5.10 Å². The molecule has 2 rings (SSSR count). The molecule has 0 aliphatic carbocycles. The van der Waals surface area contributed by atoms with Crippen LogP contribution in [0, 0.1) is 20.8 Å². The lowest BCUT2D eigenvalue weighted by molar-refractivity contribution is 0.829. The van der Waals surface area contributed by atoms with Crippen molar-refractivity contribution in [2.45, 2.75) is 40.0 Å². The lowest BCUT2D eigenvalue weighted by Crippen LogP contribution is -2.03. The van der Waals surface area contributed by atoms with Gasteiger partial charge in [0, 0.05) is 5.56 Å². The first kappa shape index (κ1) is 14.4. The molecule has 0 aliphatic heterocycles. The van der Waals surface area contributed by atoms with Crippen molar-refractivity contribution in [3.8, 4) is 5.69 Å². The Morgan fingerprint density at radius 3 is 2.16 bits per heavy atom. The summed E-state index contributed by atoms with van der Waals surface area (Å²) in [6.45, 7) is 8.32. The van der Waals surface area contributed by atoms with E-state index in [4.69, 9.17) is 23.2 Å². The van der Waals surface area contributed by atoms with E-state index in [0.29, 0.717) is 11.0 Å². The first-order valence-corrected chi connectivity index (χ1v) is 7.31. The molecule has 2 nitrogen and oxygen atoms in total. The first-order valence-electron chi connectivity index (χ1n) is 6.40. The third kappa shape index (κ3) is 2.52. The first-order chi connectivity index (χ1) is 8.99. The molecule has 0 aliphatic rings. The van der Waals surface area contributed by atoms with E-state index in [1.165, 1.54) is 16.7 Å². The quantitative estimate of drug-likeness (QED) is 0.747. The summed E-state index contributed by atoms with van der Waals surface area (Å²) in [6.07, 6.45) is 0.832. The molecule has 0 amide bonds. The van der Waals surface area contributed by atoms with Gasteiger partial charge in [0.2, 0.25) is 0 Å². The molecule has 2 aromatic rings. The highest BCUT2D eigenvalue weighted by Crippen LogP contribution is 2.29. The van der Waals surface area contributed by atoms with Crippen molar-refractivity contribution in [2.24, 2.45) is 0 Å². The predicted octanol–water partition coefficient (Wildman–Crippen LogP) is 4.75. The van der Waals surface area contributed by atoms with E-state index in [-0.39, 0.29) is 0 Å². The van der Waals surface area contributed by atoms with Gasteiger partial charge in [-0.05, 0) is 38.3 Å². The summed E-state index contributed by atoms with van der Waals surface area (Å²) in [6, 6.07) is 4.29. The molecule has 102 valence electrons.